The SMILES string of the molecule is N#Cc1ccc(Cn2cccc2C(=O)Nc2nc(C3CCCN3c3ccccc3)cs2)cc1. The molecule has 0 spiro atoms. The minimum absolute atomic E-state index is 0.180. The van der Waals surface area contributed by atoms with Crippen molar-refractivity contribution in [2.75, 3.05) is 16.8 Å². The van der Waals surface area contributed by atoms with Crippen LogP contribution in [0.15, 0.2) is 78.3 Å². The zero-order valence-electron chi connectivity index (χ0n) is 18.0. The highest BCUT2D eigenvalue weighted by molar-refractivity contribution is 7.14. The standard InChI is InChI=1S/C26H23N5OS/c27-16-19-10-12-20(13-11-19)17-30-14-4-9-24(30)25(32)29-26-28-22(18-33-26)23-8-5-15-31(23)21-6-2-1-3-7-21/h1-4,6-7,9-14,18,23H,5,8,15,17H2,(H,28,29,32). The number of aromatic nitrogens is 2. The molecule has 1 N–H and O–H groups in total. The van der Waals surface area contributed by atoms with Gasteiger partial charge in [-0.3, -0.25) is 10.1 Å². The van der Waals surface area contributed by atoms with E-state index in [0.29, 0.717) is 22.9 Å². The van der Waals surface area contributed by atoms with Crippen molar-refractivity contribution in [1.82, 2.24) is 9.55 Å². The third-order valence-corrected chi connectivity index (χ3v) is 6.70. The van der Waals surface area contributed by atoms with E-state index in [2.05, 4.69) is 45.9 Å². The highest BCUT2D eigenvalue weighted by Crippen LogP contribution is 2.37. The molecule has 5 rings (SSSR count). The molecule has 1 aliphatic rings. The van der Waals surface area contributed by atoms with Crippen LogP contribution in [0.1, 0.15) is 46.2 Å². The Morgan fingerprint density at radius 2 is 1.94 bits per heavy atom. The highest BCUT2D eigenvalue weighted by Gasteiger charge is 2.28. The van der Waals surface area contributed by atoms with Crippen molar-refractivity contribution in [3.8, 4) is 6.07 Å². The quantitative estimate of drug-likeness (QED) is 0.421. The smallest absolute Gasteiger partial charge is 0.274 e. The van der Waals surface area contributed by atoms with Gasteiger partial charge in [-0.2, -0.15) is 5.26 Å². The van der Waals surface area contributed by atoms with Gasteiger partial charge in [0.05, 0.1) is 23.4 Å². The molecule has 1 fully saturated rings. The lowest BCUT2D eigenvalue weighted by Crippen LogP contribution is -2.22. The number of thiazole rings is 1. The van der Waals surface area contributed by atoms with Gasteiger partial charge in [0.25, 0.3) is 5.91 Å². The molecule has 7 heteroatoms. The van der Waals surface area contributed by atoms with Gasteiger partial charge >= 0.3 is 0 Å². The largest absolute Gasteiger partial charge is 0.363 e. The molecule has 6 nitrogen and oxygen atoms in total. The number of para-hydroxylation sites is 1. The molecule has 4 aromatic rings. The second-order valence-corrected chi connectivity index (χ2v) is 8.91. The molecule has 0 radical (unpaired) electrons. The van der Waals surface area contributed by atoms with Gasteiger partial charge in [0.2, 0.25) is 0 Å². The zero-order chi connectivity index (χ0) is 22.6. The molecule has 0 saturated carbocycles. The van der Waals surface area contributed by atoms with Crippen molar-refractivity contribution in [1.29, 1.82) is 5.26 Å². The fourth-order valence-electron chi connectivity index (χ4n) is 4.30. The Balaban J connectivity index is 1.28. The Kier molecular flexibility index (Phi) is 5.92. The minimum Gasteiger partial charge on any atom is -0.363 e. The third kappa shape index (κ3) is 4.52. The van der Waals surface area contributed by atoms with Crippen molar-refractivity contribution in [3.63, 3.8) is 0 Å². The maximum absolute atomic E-state index is 13.0. The maximum Gasteiger partial charge on any atom is 0.274 e. The molecule has 1 saturated heterocycles. The van der Waals surface area contributed by atoms with E-state index < -0.39 is 0 Å². The first-order valence-corrected chi connectivity index (χ1v) is 11.8. The average molecular weight is 454 g/mol. The van der Waals surface area contributed by atoms with Crippen LogP contribution in [0.25, 0.3) is 0 Å². The molecule has 2 aromatic carbocycles. The van der Waals surface area contributed by atoms with E-state index in [0.717, 1.165) is 30.6 Å². The number of nitriles is 1. The number of anilines is 2. The Morgan fingerprint density at radius 1 is 1.12 bits per heavy atom. The summed E-state index contributed by atoms with van der Waals surface area (Å²) >= 11 is 1.46. The van der Waals surface area contributed by atoms with E-state index in [1.807, 2.05) is 41.1 Å². The van der Waals surface area contributed by atoms with Crippen molar-refractivity contribution >= 4 is 28.1 Å². The van der Waals surface area contributed by atoms with Gasteiger partial charge in [0.1, 0.15) is 5.69 Å². The molecular weight excluding hydrogens is 430 g/mol. The summed E-state index contributed by atoms with van der Waals surface area (Å²) in [6, 6.07) is 23.8. The molecule has 0 aliphatic carbocycles. The lowest BCUT2D eigenvalue weighted by molar-refractivity contribution is 0.101. The van der Waals surface area contributed by atoms with Crippen LogP contribution in [0, 0.1) is 11.3 Å². The fraction of sp³-hybridized carbons (Fsp3) is 0.192. The monoisotopic (exact) mass is 453 g/mol. The summed E-state index contributed by atoms with van der Waals surface area (Å²) in [6.45, 7) is 1.56. The Bertz CT molecular complexity index is 1290. The van der Waals surface area contributed by atoms with Gasteiger partial charge in [0, 0.05) is 30.4 Å². The topological polar surface area (TPSA) is 74.0 Å². The molecular formula is C26H23N5OS. The van der Waals surface area contributed by atoms with E-state index in [-0.39, 0.29) is 11.9 Å². The molecule has 33 heavy (non-hydrogen) atoms. The van der Waals surface area contributed by atoms with E-state index >= 15 is 0 Å². The summed E-state index contributed by atoms with van der Waals surface area (Å²) in [4.78, 5) is 20.1. The second kappa shape index (κ2) is 9.31. The van der Waals surface area contributed by atoms with Crippen molar-refractivity contribution in [3.05, 3.63) is 101 Å². The zero-order valence-corrected chi connectivity index (χ0v) is 18.8. The molecule has 1 unspecified atom stereocenters. The van der Waals surface area contributed by atoms with E-state index in [9.17, 15) is 4.79 Å². The fourth-order valence-corrected chi connectivity index (χ4v) is 5.05. The summed E-state index contributed by atoms with van der Waals surface area (Å²) in [7, 11) is 0. The van der Waals surface area contributed by atoms with Crippen LogP contribution in [0.5, 0.6) is 0 Å². The summed E-state index contributed by atoms with van der Waals surface area (Å²) in [5.41, 5.74) is 4.43. The summed E-state index contributed by atoms with van der Waals surface area (Å²) in [6.07, 6.45) is 4.07. The van der Waals surface area contributed by atoms with Gasteiger partial charge < -0.3 is 9.47 Å². The first-order chi connectivity index (χ1) is 16.2. The summed E-state index contributed by atoms with van der Waals surface area (Å²) in [5, 5.41) is 14.6. The Hall–Kier alpha value is -3.89. The number of hydrogen-bond acceptors (Lipinski definition) is 5. The first-order valence-electron chi connectivity index (χ1n) is 10.9. The number of nitrogens with one attached hydrogen (secondary N) is 1. The van der Waals surface area contributed by atoms with Crippen LogP contribution >= 0.6 is 11.3 Å². The molecule has 2 aromatic heterocycles. The van der Waals surface area contributed by atoms with Crippen LogP contribution in [0.2, 0.25) is 0 Å². The lowest BCUT2D eigenvalue weighted by Gasteiger charge is -2.25. The average Bonchev–Trinajstić information content (AvgIpc) is 3.61. The number of carbonyl (C=O) groups is 1. The molecule has 0 bridgehead atoms. The molecule has 1 atom stereocenters. The van der Waals surface area contributed by atoms with E-state index in [1.54, 1.807) is 12.1 Å². The Morgan fingerprint density at radius 3 is 2.73 bits per heavy atom. The van der Waals surface area contributed by atoms with Gasteiger partial charge in [0.15, 0.2) is 5.13 Å². The van der Waals surface area contributed by atoms with Crippen LogP contribution < -0.4 is 10.2 Å². The number of hydrogen-bond donors (Lipinski definition) is 1. The van der Waals surface area contributed by atoms with Gasteiger partial charge in [-0.05, 0) is 54.8 Å². The van der Waals surface area contributed by atoms with Crippen LogP contribution in [0.3, 0.4) is 0 Å². The first kappa shape index (κ1) is 21.0. The maximum atomic E-state index is 13.0. The van der Waals surface area contributed by atoms with E-state index in [4.69, 9.17) is 10.2 Å². The van der Waals surface area contributed by atoms with Gasteiger partial charge in [-0.15, -0.1) is 11.3 Å². The van der Waals surface area contributed by atoms with E-state index in [1.165, 1.54) is 17.0 Å². The summed E-state index contributed by atoms with van der Waals surface area (Å²) in [5.74, 6) is -0.180. The number of amides is 1. The van der Waals surface area contributed by atoms with Crippen LogP contribution in [-0.2, 0) is 6.54 Å². The molecule has 1 amide bonds. The van der Waals surface area contributed by atoms with Crippen molar-refractivity contribution in [2.24, 2.45) is 0 Å². The van der Waals surface area contributed by atoms with Crippen molar-refractivity contribution < 1.29 is 4.79 Å². The molecule has 1 aliphatic heterocycles. The predicted molar refractivity (Wildman–Crippen MR) is 131 cm³/mol. The Labute approximate surface area is 196 Å². The number of rotatable bonds is 6. The molecule has 3 heterocycles. The number of benzene rings is 2. The summed E-state index contributed by atoms with van der Waals surface area (Å²) < 4.78 is 1.90. The second-order valence-electron chi connectivity index (χ2n) is 8.05. The molecule has 164 valence electrons. The normalized spacial score (nSPS) is 15.4. The highest BCUT2D eigenvalue weighted by atomic mass is 32.1. The predicted octanol–water partition coefficient (Wildman–Crippen LogP) is 5.46. The van der Waals surface area contributed by atoms with Crippen molar-refractivity contribution in [2.45, 2.75) is 25.4 Å². The third-order valence-electron chi connectivity index (χ3n) is 5.92. The van der Waals surface area contributed by atoms with Crippen LogP contribution in [0.4, 0.5) is 10.8 Å². The van der Waals surface area contributed by atoms with Crippen LogP contribution in [-0.4, -0.2) is 22.0 Å². The number of carbonyl (C=O) groups excluding carboxylic acids is 1. The minimum atomic E-state index is -0.180. The van der Waals surface area contributed by atoms with Gasteiger partial charge in [-0.25, -0.2) is 4.98 Å². The number of nitrogens with zero attached hydrogens (tertiary/aromatic N) is 4. The lowest BCUT2D eigenvalue weighted by atomic mass is 10.1. The van der Waals surface area contributed by atoms with Gasteiger partial charge in [-0.1, -0.05) is 30.3 Å².